The van der Waals surface area contributed by atoms with Gasteiger partial charge in [0, 0.05) is 6.04 Å². The monoisotopic (exact) mass is 198 g/mol. The predicted octanol–water partition coefficient (Wildman–Crippen LogP) is 1.42. The van der Waals surface area contributed by atoms with E-state index in [1.165, 1.54) is 32.1 Å². The molecule has 0 spiro atoms. The van der Waals surface area contributed by atoms with Gasteiger partial charge in [0.05, 0.1) is 6.04 Å². The van der Waals surface area contributed by atoms with Gasteiger partial charge in [0.15, 0.2) is 0 Å². The summed E-state index contributed by atoms with van der Waals surface area (Å²) in [6.07, 6.45) is 6.22. The number of carbonyl (C=O) groups excluding carboxylic acids is 1. The Hall–Kier alpha value is -0.570. The molecule has 0 aliphatic heterocycles. The van der Waals surface area contributed by atoms with Crippen LogP contribution < -0.4 is 11.1 Å². The Bertz CT molecular complexity index is 194. The maximum Gasteiger partial charge on any atom is 0.234 e. The van der Waals surface area contributed by atoms with E-state index in [0.29, 0.717) is 6.04 Å². The molecule has 0 heterocycles. The van der Waals surface area contributed by atoms with E-state index in [4.69, 9.17) is 5.73 Å². The van der Waals surface area contributed by atoms with E-state index in [0.717, 1.165) is 5.92 Å². The highest BCUT2D eigenvalue weighted by molar-refractivity contribution is 5.79. The molecule has 1 aliphatic rings. The van der Waals surface area contributed by atoms with E-state index in [-0.39, 0.29) is 11.9 Å². The lowest BCUT2D eigenvalue weighted by Gasteiger charge is -2.19. The quantitative estimate of drug-likeness (QED) is 0.674. The molecule has 0 aromatic carbocycles. The van der Waals surface area contributed by atoms with Crippen molar-refractivity contribution in [3.63, 3.8) is 0 Å². The van der Waals surface area contributed by atoms with Crippen molar-refractivity contribution in [2.24, 2.45) is 11.7 Å². The fourth-order valence-electron chi connectivity index (χ4n) is 2.09. The van der Waals surface area contributed by atoms with Gasteiger partial charge in [-0.25, -0.2) is 0 Å². The van der Waals surface area contributed by atoms with Crippen molar-refractivity contribution < 1.29 is 4.79 Å². The van der Waals surface area contributed by atoms with Gasteiger partial charge in [-0.2, -0.15) is 0 Å². The van der Waals surface area contributed by atoms with Gasteiger partial charge in [-0.3, -0.25) is 4.79 Å². The summed E-state index contributed by atoms with van der Waals surface area (Å²) < 4.78 is 0. The first-order chi connectivity index (χ1) is 6.59. The minimum atomic E-state index is -0.248. The molecule has 3 nitrogen and oxygen atoms in total. The molecule has 3 unspecified atom stereocenters. The first kappa shape index (κ1) is 11.5. The van der Waals surface area contributed by atoms with Gasteiger partial charge >= 0.3 is 0 Å². The van der Waals surface area contributed by atoms with Crippen LogP contribution in [-0.2, 0) is 4.79 Å². The van der Waals surface area contributed by atoms with Crippen molar-refractivity contribution in [1.82, 2.24) is 5.32 Å². The fourth-order valence-corrected chi connectivity index (χ4v) is 2.09. The van der Waals surface area contributed by atoms with Crippen LogP contribution in [0.1, 0.15) is 46.0 Å². The molecule has 14 heavy (non-hydrogen) atoms. The van der Waals surface area contributed by atoms with Crippen LogP contribution in [-0.4, -0.2) is 18.0 Å². The van der Waals surface area contributed by atoms with Crippen LogP contribution in [0.2, 0.25) is 0 Å². The van der Waals surface area contributed by atoms with Crippen LogP contribution in [0.15, 0.2) is 0 Å². The van der Waals surface area contributed by atoms with E-state index in [1.54, 1.807) is 0 Å². The first-order valence-corrected chi connectivity index (χ1v) is 5.65. The first-order valence-electron chi connectivity index (χ1n) is 5.65. The van der Waals surface area contributed by atoms with Crippen molar-refractivity contribution in [2.75, 3.05) is 0 Å². The molecule has 3 atom stereocenters. The predicted molar refractivity (Wildman–Crippen MR) is 57.8 cm³/mol. The number of nitrogens with two attached hydrogens (primary N) is 1. The molecule has 1 aliphatic carbocycles. The number of carbonyl (C=O) groups is 1. The highest BCUT2D eigenvalue weighted by Gasteiger charge is 2.19. The SMILES string of the molecule is CC1CCCC(NC(C)C(N)=O)CC1. The van der Waals surface area contributed by atoms with Crippen LogP contribution in [0.5, 0.6) is 0 Å². The summed E-state index contributed by atoms with van der Waals surface area (Å²) in [5.74, 6) is 0.591. The van der Waals surface area contributed by atoms with Crippen LogP contribution >= 0.6 is 0 Å². The number of primary amides is 1. The summed E-state index contributed by atoms with van der Waals surface area (Å²) in [5.41, 5.74) is 5.22. The topological polar surface area (TPSA) is 55.1 Å². The standard InChI is InChI=1S/C11H22N2O/c1-8-4-3-5-10(7-6-8)13-9(2)11(12)14/h8-10,13H,3-7H2,1-2H3,(H2,12,14). The molecule has 3 heteroatoms. The summed E-state index contributed by atoms with van der Waals surface area (Å²) in [6.45, 7) is 4.15. The van der Waals surface area contributed by atoms with E-state index < -0.39 is 0 Å². The van der Waals surface area contributed by atoms with E-state index >= 15 is 0 Å². The van der Waals surface area contributed by atoms with Crippen LogP contribution in [0.4, 0.5) is 0 Å². The number of nitrogens with one attached hydrogen (secondary N) is 1. The second kappa shape index (κ2) is 5.35. The Kier molecular flexibility index (Phi) is 4.39. The maximum absolute atomic E-state index is 10.9. The van der Waals surface area contributed by atoms with Gasteiger partial charge in [-0.05, 0) is 32.1 Å². The van der Waals surface area contributed by atoms with Gasteiger partial charge in [-0.15, -0.1) is 0 Å². The van der Waals surface area contributed by atoms with Crippen LogP contribution in [0, 0.1) is 5.92 Å². The third-order valence-electron chi connectivity index (χ3n) is 3.17. The highest BCUT2D eigenvalue weighted by Crippen LogP contribution is 2.22. The van der Waals surface area contributed by atoms with Crippen molar-refractivity contribution in [2.45, 2.75) is 58.0 Å². The Morgan fingerprint density at radius 2 is 2.07 bits per heavy atom. The third-order valence-corrected chi connectivity index (χ3v) is 3.17. The van der Waals surface area contributed by atoms with Crippen LogP contribution in [0.25, 0.3) is 0 Å². The minimum Gasteiger partial charge on any atom is -0.368 e. The molecule has 0 aromatic rings. The molecule has 0 saturated heterocycles. The molecule has 1 amide bonds. The van der Waals surface area contributed by atoms with Gasteiger partial charge in [0.1, 0.15) is 0 Å². The van der Waals surface area contributed by atoms with Crippen molar-refractivity contribution >= 4 is 5.91 Å². The Labute approximate surface area is 86.4 Å². The number of rotatable bonds is 3. The largest absolute Gasteiger partial charge is 0.368 e. The van der Waals surface area contributed by atoms with Crippen molar-refractivity contribution in [3.8, 4) is 0 Å². The zero-order valence-electron chi connectivity index (χ0n) is 9.25. The van der Waals surface area contributed by atoms with Gasteiger partial charge in [0.2, 0.25) is 5.91 Å². The van der Waals surface area contributed by atoms with Gasteiger partial charge in [-0.1, -0.05) is 19.8 Å². The summed E-state index contributed by atoms with van der Waals surface area (Å²) in [5, 5.41) is 3.30. The van der Waals surface area contributed by atoms with Crippen LogP contribution in [0.3, 0.4) is 0 Å². The zero-order chi connectivity index (χ0) is 10.6. The lowest BCUT2D eigenvalue weighted by Crippen LogP contribution is -2.44. The molecule has 1 fully saturated rings. The molecule has 82 valence electrons. The normalized spacial score (nSPS) is 30.7. The average molecular weight is 198 g/mol. The zero-order valence-corrected chi connectivity index (χ0v) is 9.25. The number of hydrogen-bond acceptors (Lipinski definition) is 2. The second-order valence-corrected chi connectivity index (χ2v) is 4.60. The summed E-state index contributed by atoms with van der Waals surface area (Å²) in [7, 11) is 0. The molecule has 0 bridgehead atoms. The molecule has 0 radical (unpaired) electrons. The Morgan fingerprint density at radius 1 is 1.36 bits per heavy atom. The Balaban J connectivity index is 2.33. The van der Waals surface area contributed by atoms with Gasteiger partial charge < -0.3 is 11.1 Å². The molecular formula is C11H22N2O. The second-order valence-electron chi connectivity index (χ2n) is 4.60. The molecule has 1 saturated carbocycles. The lowest BCUT2D eigenvalue weighted by molar-refractivity contribution is -0.119. The van der Waals surface area contributed by atoms with E-state index in [9.17, 15) is 4.79 Å². The molecule has 1 rings (SSSR count). The van der Waals surface area contributed by atoms with Crippen molar-refractivity contribution in [3.05, 3.63) is 0 Å². The maximum atomic E-state index is 10.9. The fraction of sp³-hybridized carbons (Fsp3) is 0.909. The van der Waals surface area contributed by atoms with E-state index in [2.05, 4.69) is 12.2 Å². The summed E-state index contributed by atoms with van der Waals surface area (Å²) >= 11 is 0. The summed E-state index contributed by atoms with van der Waals surface area (Å²) in [6, 6.07) is 0.302. The molecule has 0 aromatic heterocycles. The summed E-state index contributed by atoms with van der Waals surface area (Å²) in [4.78, 5) is 10.9. The highest BCUT2D eigenvalue weighted by atomic mass is 16.1. The van der Waals surface area contributed by atoms with E-state index in [1.807, 2.05) is 6.92 Å². The van der Waals surface area contributed by atoms with Crippen molar-refractivity contribution in [1.29, 1.82) is 0 Å². The number of hydrogen-bond donors (Lipinski definition) is 2. The minimum absolute atomic E-state index is 0.187. The van der Waals surface area contributed by atoms with Gasteiger partial charge in [0.25, 0.3) is 0 Å². The third kappa shape index (κ3) is 3.66. The lowest BCUT2D eigenvalue weighted by atomic mass is 10.0. The molecule has 3 N–H and O–H groups in total. The number of amides is 1. The average Bonchev–Trinajstić information content (AvgIpc) is 2.31. The Morgan fingerprint density at radius 3 is 2.71 bits per heavy atom. The molecular weight excluding hydrogens is 176 g/mol. The smallest absolute Gasteiger partial charge is 0.234 e.